The number of nitrogens with zero attached hydrogens (tertiary/aromatic N) is 8. The normalized spacial score (nSPS) is 22.1. The van der Waals surface area contributed by atoms with Crippen LogP contribution in [0.25, 0.3) is 0 Å². The van der Waals surface area contributed by atoms with Crippen molar-refractivity contribution in [1.29, 1.82) is 5.26 Å². The summed E-state index contributed by atoms with van der Waals surface area (Å²) < 4.78 is 40.5. The van der Waals surface area contributed by atoms with Gasteiger partial charge in [-0.05, 0) is 86.6 Å². The lowest BCUT2D eigenvalue weighted by atomic mass is 9.95. The van der Waals surface area contributed by atoms with Gasteiger partial charge < -0.3 is 29.8 Å². The number of hydrogen-bond donors (Lipinski definition) is 2. The number of nitriles is 1. The molecule has 7 heterocycles. The molecule has 0 saturated carbocycles. The average molecular weight is 881 g/mol. The Bertz CT molecular complexity index is 2340. The van der Waals surface area contributed by atoms with Crippen molar-refractivity contribution >= 4 is 52.4 Å². The molecule has 3 aromatic rings. The van der Waals surface area contributed by atoms with E-state index in [1.165, 1.54) is 12.1 Å². The molecular formula is C46H51F3N10O5. The highest BCUT2D eigenvalue weighted by Gasteiger charge is 2.45. The van der Waals surface area contributed by atoms with Crippen molar-refractivity contribution in [2.24, 2.45) is 17.8 Å². The maximum atomic E-state index is 13.5. The number of benzene rings is 2. The molecule has 1 unspecified atom stereocenters. The second-order valence-corrected chi connectivity index (χ2v) is 18.0. The van der Waals surface area contributed by atoms with E-state index in [0.29, 0.717) is 60.4 Å². The van der Waals surface area contributed by atoms with E-state index in [-0.39, 0.29) is 24.7 Å². The molecule has 1 atom stereocenters. The first-order valence-corrected chi connectivity index (χ1v) is 22.2. The molecule has 1 aromatic heterocycles. The van der Waals surface area contributed by atoms with Gasteiger partial charge in [-0.25, -0.2) is 4.98 Å². The molecule has 0 aliphatic carbocycles. The summed E-state index contributed by atoms with van der Waals surface area (Å²) in [5.74, 6) is -0.822. The van der Waals surface area contributed by atoms with Crippen LogP contribution < -0.4 is 25.3 Å². The summed E-state index contributed by atoms with van der Waals surface area (Å²) in [7, 11) is 0. The summed E-state index contributed by atoms with van der Waals surface area (Å²) in [5, 5.41) is 14.3. The van der Waals surface area contributed by atoms with E-state index in [1.807, 2.05) is 23.1 Å². The maximum absolute atomic E-state index is 13.5. The number of pyridine rings is 1. The third kappa shape index (κ3) is 9.00. The molecule has 9 rings (SSSR count). The van der Waals surface area contributed by atoms with Crippen LogP contribution in [0.4, 0.5) is 36.1 Å². The second kappa shape index (κ2) is 17.8. The van der Waals surface area contributed by atoms with Crippen molar-refractivity contribution < 1.29 is 37.1 Å². The van der Waals surface area contributed by atoms with Gasteiger partial charge in [-0.3, -0.25) is 34.2 Å². The van der Waals surface area contributed by atoms with Gasteiger partial charge in [-0.2, -0.15) is 18.4 Å². The largest absolute Gasteiger partial charge is 0.417 e. The fraction of sp³-hybridized carbons (Fsp3) is 0.500. The lowest BCUT2D eigenvalue weighted by Gasteiger charge is -2.45. The zero-order valence-electron chi connectivity index (χ0n) is 35.5. The summed E-state index contributed by atoms with van der Waals surface area (Å²) in [4.78, 5) is 80.6. The Morgan fingerprint density at radius 2 is 1.34 bits per heavy atom. The van der Waals surface area contributed by atoms with Gasteiger partial charge in [0.25, 0.3) is 11.8 Å². The Kier molecular flexibility index (Phi) is 12.0. The highest BCUT2D eigenvalue weighted by Crippen LogP contribution is 2.37. The highest BCUT2D eigenvalue weighted by molar-refractivity contribution is 6.23. The first kappa shape index (κ1) is 43.2. The molecule has 2 aromatic carbocycles. The Hall–Kier alpha value is -6.06. The number of hydrogen-bond acceptors (Lipinski definition) is 12. The molecule has 0 bridgehead atoms. The SMILES string of the molecule is N#Cc1ccc(N2CCC(C(=O)Nc3ccc(N4CCC(CN5CCN(CC6CN(c7ccc8c(c7)C(=O)N(C7CCC(=O)NC7=O)C8=O)C6)CC5)CC4)cn3)CC2)cc1C(F)(F)F. The minimum absolute atomic E-state index is 0.0880. The van der Waals surface area contributed by atoms with Crippen LogP contribution in [0.3, 0.4) is 0 Å². The van der Waals surface area contributed by atoms with Gasteiger partial charge >= 0.3 is 6.18 Å². The fourth-order valence-corrected chi connectivity index (χ4v) is 10.1. The van der Waals surface area contributed by atoms with Crippen LogP contribution in [0.2, 0.25) is 0 Å². The van der Waals surface area contributed by atoms with E-state index >= 15 is 0 Å². The number of piperidine rings is 3. The molecule has 5 saturated heterocycles. The number of anilines is 4. The van der Waals surface area contributed by atoms with E-state index < -0.39 is 47.0 Å². The third-order valence-corrected chi connectivity index (χ3v) is 13.9. The van der Waals surface area contributed by atoms with Crippen LogP contribution in [-0.4, -0.2) is 134 Å². The summed E-state index contributed by atoms with van der Waals surface area (Å²) in [6, 6.07) is 13.5. The smallest absolute Gasteiger partial charge is 0.371 e. The summed E-state index contributed by atoms with van der Waals surface area (Å²) >= 11 is 0. The average Bonchev–Trinajstić information content (AvgIpc) is 3.53. The van der Waals surface area contributed by atoms with Gasteiger partial charge in [-0.15, -0.1) is 0 Å². The van der Waals surface area contributed by atoms with Crippen molar-refractivity contribution in [3.8, 4) is 6.07 Å². The molecule has 6 aliphatic heterocycles. The van der Waals surface area contributed by atoms with Crippen LogP contribution in [0.5, 0.6) is 0 Å². The number of imide groups is 2. The monoisotopic (exact) mass is 880 g/mol. The van der Waals surface area contributed by atoms with Crippen LogP contribution in [0.15, 0.2) is 54.7 Å². The van der Waals surface area contributed by atoms with E-state index in [0.717, 1.165) is 101 Å². The van der Waals surface area contributed by atoms with E-state index in [9.17, 15) is 37.1 Å². The first-order chi connectivity index (χ1) is 30.8. The molecule has 5 amide bonds. The number of amides is 5. The zero-order valence-corrected chi connectivity index (χ0v) is 35.5. The molecule has 15 nitrogen and oxygen atoms in total. The minimum Gasteiger partial charge on any atom is -0.371 e. The van der Waals surface area contributed by atoms with Crippen molar-refractivity contribution in [3.05, 3.63) is 77.0 Å². The third-order valence-electron chi connectivity index (χ3n) is 13.9. The van der Waals surface area contributed by atoms with Gasteiger partial charge in [-0.1, -0.05) is 0 Å². The van der Waals surface area contributed by atoms with Gasteiger partial charge in [0.2, 0.25) is 17.7 Å². The number of aromatic nitrogens is 1. The predicted octanol–water partition coefficient (Wildman–Crippen LogP) is 4.20. The molecule has 336 valence electrons. The predicted molar refractivity (Wildman–Crippen MR) is 231 cm³/mol. The standard InChI is InChI=1S/C46H51F3N10O5/c47-46(48,49)38-22-34(2-1-32(38)23-50)56-15-11-31(12-16-56)42(61)52-40-7-4-35(24-51-40)57-13-9-29(10-14-57)25-54-17-19-55(20-18-54)26-30-27-58(28-30)33-3-5-36-37(21-33)45(64)59(44(36)63)39-6-8-41(60)53-43(39)62/h1-5,7,21-22,24,29-31,39H,6,8-20,25-28H2,(H,51,52,61)(H,53,60,62). The Balaban J connectivity index is 0.663. The molecule has 18 heteroatoms. The van der Waals surface area contributed by atoms with Crippen molar-refractivity contribution in [2.45, 2.75) is 50.7 Å². The summed E-state index contributed by atoms with van der Waals surface area (Å²) in [5.41, 5.74) is 1.54. The van der Waals surface area contributed by atoms with E-state index in [4.69, 9.17) is 5.26 Å². The molecule has 0 radical (unpaired) electrons. The number of alkyl halides is 3. The lowest BCUT2D eigenvalue weighted by Crippen LogP contribution is -2.55. The fourth-order valence-electron chi connectivity index (χ4n) is 10.1. The topological polar surface area (TPSA) is 166 Å². The quantitative estimate of drug-likeness (QED) is 0.280. The molecule has 64 heavy (non-hydrogen) atoms. The van der Waals surface area contributed by atoms with Gasteiger partial charge in [0.05, 0.1) is 40.2 Å². The van der Waals surface area contributed by atoms with E-state index in [2.05, 4.69) is 35.2 Å². The number of rotatable bonds is 10. The lowest BCUT2D eigenvalue weighted by molar-refractivity contribution is -0.138. The summed E-state index contributed by atoms with van der Waals surface area (Å²) in [6.45, 7) is 10.7. The van der Waals surface area contributed by atoms with Gasteiger partial charge in [0, 0.05) is 108 Å². The van der Waals surface area contributed by atoms with Crippen molar-refractivity contribution in [1.82, 2.24) is 25.0 Å². The van der Waals surface area contributed by atoms with Crippen molar-refractivity contribution in [2.75, 3.05) is 98.6 Å². The molecular weight excluding hydrogens is 830 g/mol. The van der Waals surface area contributed by atoms with Crippen LogP contribution in [0, 0.1) is 29.1 Å². The Morgan fingerprint density at radius 3 is 1.98 bits per heavy atom. The Morgan fingerprint density at radius 1 is 0.734 bits per heavy atom. The molecule has 0 spiro atoms. The maximum Gasteiger partial charge on any atom is 0.417 e. The highest BCUT2D eigenvalue weighted by atomic mass is 19.4. The zero-order chi connectivity index (χ0) is 44.7. The van der Waals surface area contributed by atoms with Crippen LogP contribution in [0.1, 0.15) is 70.4 Å². The molecule has 6 aliphatic rings. The number of piperazine rings is 1. The second-order valence-electron chi connectivity index (χ2n) is 18.0. The molecule has 2 N–H and O–H groups in total. The number of fused-ring (bicyclic) bond motifs is 1. The summed E-state index contributed by atoms with van der Waals surface area (Å²) in [6.07, 6.45) is 0.557. The minimum atomic E-state index is -4.62. The van der Waals surface area contributed by atoms with Gasteiger partial charge in [0.1, 0.15) is 11.9 Å². The number of nitrogens with one attached hydrogen (secondary N) is 2. The number of halogens is 3. The Labute approximate surface area is 369 Å². The number of carbonyl (C=O) groups is 5. The first-order valence-electron chi connectivity index (χ1n) is 22.2. The van der Waals surface area contributed by atoms with Crippen LogP contribution in [-0.2, 0) is 20.6 Å². The van der Waals surface area contributed by atoms with Crippen molar-refractivity contribution in [3.63, 3.8) is 0 Å². The van der Waals surface area contributed by atoms with Crippen LogP contribution >= 0.6 is 0 Å². The van der Waals surface area contributed by atoms with Gasteiger partial charge in [0.15, 0.2) is 0 Å². The molecule has 5 fully saturated rings. The van der Waals surface area contributed by atoms with E-state index in [1.54, 1.807) is 24.4 Å². The number of carbonyl (C=O) groups excluding carboxylic acids is 5.